The minimum absolute atomic E-state index is 0.161. The molecule has 3 atom stereocenters. The maximum absolute atomic E-state index is 11.4. The molecular formula is C11H20N2O2. The number of hydrogen-bond donors (Lipinski definition) is 1. The molecule has 15 heavy (non-hydrogen) atoms. The number of carbonyl (C=O) groups excluding carboxylic acids is 2. The summed E-state index contributed by atoms with van der Waals surface area (Å²) in [6, 6.07) is -0.142. The summed E-state index contributed by atoms with van der Waals surface area (Å²) in [5, 5.41) is 0. The van der Waals surface area contributed by atoms with Crippen LogP contribution in [-0.2, 0) is 9.59 Å². The van der Waals surface area contributed by atoms with E-state index < -0.39 is 0 Å². The molecule has 0 bridgehead atoms. The Morgan fingerprint density at radius 2 is 2.20 bits per heavy atom. The quantitative estimate of drug-likeness (QED) is 0.743. The largest absolute Gasteiger partial charge is 0.368 e. The van der Waals surface area contributed by atoms with E-state index in [-0.39, 0.29) is 18.0 Å². The summed E-state index contributed by atoms with van der Waals surface area (Å²) in [6.45, 7) is 3.91. The first kappa shape index (κ1) is 12.2. The number of carbonyl (C=O) groups is 2. The lowest BCUT2D eigenvalue weighted by Gasteiger charge is -2.37. The van der Waals surface area contributed by atoms with Gasteiger partial charge in [-0.15, -0.1) is 0 Å². The molecule has 0 aromatic rings. The Bertz CT molecular complexity index is 265. The molecule has 1 aliphatic carbocycles. The second-order valence-electron chi connectivity index (χ2n) is 4.57. The molecule has 2 unspecified atom stereocenters. The van der Waals surface area contributed by atoms with E-state index in [0.29, 0.717) is 24.5 Å². The smallest absolute Gasteiger partial charge is 0.234 e. The van der Waals surface area contributed by atoms with Gasteiger partial charge in [0.1, 0.15) is 5.78 Å². The average Bonchev–Trinajstić information content (AvgIpc) is 2.19. The molecular weight excluding hydrogens is 192 g/mol. The van der Waals surface area contributed by atoms with Crippen molar-refractivity contribution in [2.24, 2.45) is 11.7 Å². The molecule has 1 amide bonds. The lowest BCUT2D eigenvalue weighted by atomic mass is 9.84. The van der Waals surface area contributed by atoms with E-state index in [0.717, 1.165) is 6.42 Å². The lowest BCUT2D eigenvalue weighted by Crippen LogP contribution is -2.50. The summed E-state index contributed by atoms with van der Waals surface area (Å²) >= 11 is 0. The van der Waals surface area contributed by atoms with Gasteiger partial charge in [-0.3, -0.25) is 14.5 Å². The van der Waals surface area contributed by atoms with Gasteiger partial charge in [0.15, 0.2) is 0 Å². The van der Waals surface area contributed by atoms with Gasteiger partial charge in [0.2, 0.25) is 5.91 Å². The highest BCUT2D eigenvalue weighted by Gasteiger charge is 2.32. The monoisotopic (exact) mass is 212 g/mol. The lowest BCUT2D eigenvalue weighted by molar-refractivity contribution is -0.128. The van der Waals surface area contributed by atoms with E-state index in [1.807, 2.05) is 11.9 Å². The Hall–Kier alpha value is -0.900. The molecule has 1 aliphatic rings. The van der Waals surface area contributed by atoms with Gasteiger partial charge in [-0.25, -0.2) is 0 Å². The van der Waals surface area contributed by atoms with E-state index in [2.05, 4.69) is 6.92 Å². The van der Waals surface area contributed by atoms with Gasteiger partial charge in [-0.1, -0.05) is 6.92 Å². The van der Waals surface area contributed by atoms with Crippen molar-refractivity contribution < 1.29 is 9.59 Å². The van der Waals surface area contributed by atoms with Crippen LogP contribution >= 0.6 is 0 Å². The standard InChI is InChI=1S/C11H20N2O2/c1-7-4-5-9(14)6-10(7)13(3)8(2)11(12)15/h7-8,10H,4-6H2,1-3H3,(H2,12,15)/t7?,8-,10?/m1/s1. The van der Waals surface area contributed by atoms with Gasteiger partial charge in [0.25, 0.3) is 0 Å². The number of rotatable bonds is 3. The fourth-order valence-corrected chi connectivity index (χ4v) is 2.15. The molecule has 0 aromatic heterocycles. The first-order valence-electron chi connectivity index (χ1n) is 5.46. The Morgan fingerprint density at radius 3 is 2.73 bits per heavy atom. The number of nitrogens with zero attached hydrogens (tertiary/aromatic N) is 1. The second-order valence-corrected chi connectivity index (χ2v) is 4.57. The number of ketones is 1. The zero-order valence-electron chi connectivity index (χ0n) is 9.69. The molecule has 0 aliphatic heterocycles. The molecule has 4 heteroatoms. The Morgan fingerprint density at radius 1 is 1.60 bits per heavy atom. The van der Waals surface area contributed by atoms with Gasteiger partial charge in [0, 0.05) is 18.9 Å². The number of Topliss-reactive ketones (excluding diaryl/α,β-unsaturated/α-hetero) is 1. The third-order valence-electron chi connectivity index (χ3n) is 3.52. The molecule has 0 aromatic carbocycles. The topological polar surface area (TPSA) is 63.4 Å². The molecule has 0 saturated heterocycles. The highest BCUT2D eigenvalue weighted by atomic mass is 16.1. The predicted octanol–water partition coefficient (Wildman–Crippen LogP) is 0.550. The SMILES string of the molecule is CC1CCC(=O)CC1N(C)[C@H](C)C(N)=O. The molecule has 0 heterocycles. The molecule has 1 fully saturated rings. The summed E-state index contributed by atoms with van der Waals surface area (Å²) in [5.41, 5.74) is 5.26. The number of likely N-dealkylation sites (N-methyl/N-ethyl adjacent to an activating group) is 1. The van der Waals surface area contributed by atoms with Gasteiger partial charge >= 0.3 is 0 Å². The van der Waals surface area contributed by atoms with Crippen LogP contribution in [0, 0.1) is 5.92 Å². The van der Waals surface area contributed by atoms with Crippen LogP contribution in [0.25, 0.3) is 0 Å². The van der Waals surface area contributed by atoms with Gasteiger partial charge in [-0.05, 0) is 26.3 Å². The van der Waals surface area contributed by atoms with E-state index in [9.17, 15) is 9.59 Å². The molecule has 86 valence electrons. The minimum Gasteiger partial charge on any atom is -0.368 e. The molecule has 4 nitrogen and oxygen atoms in total. The molecule has 0 radical (unpaired) electrons. The molecule has 2 N–H and O–H groups in total. The molecule has 0 spiro atoms. The van der Waals surface area contributed by atoms with Crippen molar-refractivity contribution in [3.05, 3.63) is 0 Å². The van der Waals surface area contributed by atoms with E-state index in [4.69, 9.17) is 5.73 Å². The van der Waals surface area contributed by atoms with E-state index >= 15 is 0 Å². The fourth-order valence-electron chi connectivity index (χ4n) is 2.15. The second kappa shape index (κ2) is 4.75. The summed E-state index contributed by atoms with van der Waals surface area (Å²) in [4.78, 5) is 24.4. The van der Waals surface area contributed by atoms with Crippen LogP contribution in [0.1, 0.15) is 33.1 Å². The van der Waals surface area contributed by atoms with Crippen molar-refractivity contribution in [2.45, 2.75) is 45.2 Å². The Labute approximate surface area is 90.8 Å². The highest BCUT2D eigenvalue weighted by Crippen LogP contribution is 2.26. The highest BCUT2D eigenvalue weighted by molar-refractivity contribution is 5.81. The number of hydrogen-bond acceptors (Lipinski definition) is 3. The van der Waals surface area contributed by atoms with Crippen molar-refractivity contribution in [3.63, 3.8) is 0 Å². The van der Waals surface area contributed by atoms with Gasteiger partial charge in [-0.2, -0.15) is 0 Å². The van der Waals surface area contributed by atoms with Crippen LogP contribution in [0.5, 0.6) is 0 Å². The van der Waals surface area contributed by atoms with Crippen molar-refractivity contribution in [3.8, 4) is 0 Å². The normalized spacial score (nSPS) is 29.2. The maximum Gasteiger partial charge on any atom is 0.234 e. The van der Waals surface area contributed by atoms with Gasteiger partial charge < -0.3 is 5.73 Å². The average molecular weight is 212 g/mol. The molecule has 1 saturated carbocycles. The van der Waals surface area contributed by atoms with E-state index in [1.54, 1.807) is 6.92 Å². The van der Waals surface area contributed by atoms with Gasteiger partial charge in [0.05, 0.1) is 6.04 Å². The Balaban J connectivity index is 2.68. The maximum atomic E-state index is 11.4. The zero-order chi connectivity index (χ0) is 11.6. The molecule has 1 rings (SSSR count). The summed E-state index contributed by atoms with van der Waals surface area (Å²) in [7, 11) is 1.87. The Kier molecular flexibility index (Phi) is 3.85. The van der Waals surface area contributed by atoms with Crippen molar-refractivity contribution in [2.75, 3.05) is 7.05 Å². The van der Waals surface area contributed by atoms with Crippen LogP contribution in [0.15, 0.2) is 0 Å². The van der Waals surface area contributed by atoms with Crippen molar-refractivity contribution in [1.29, 1.82) is 0 Å². The summed E-state index contributed by atoms with van der Waals surface area (Å²) in [5.74, 6) is 0.416. The first-order valence-corrected chi connectivity index (χ1v) is 5.46. The van der Waals surface area contributed by atoms with Crippen LogP contribution in [0.4, 0.5) is 0 Å². The predicted molar refractivity (Wildman–Crippen MR) is 58.2 cm³/mol. The van der Waals surface area contributed by atoms with Crippen molar-refractivity contribution >= 4 is 11.7 Å². The zero-order valence-corrected chi connectivity index (χ0v) is 9.69. The van der Waals surface area contributed by atoms with Crippen LogP contribution in [0.3, 0.4) is 0 Å². The number of amides is 1. The summed E-state index contributed by atoms with van der Waals surface area (Å²) < 4.78 is 0. The van der Waals surface area contributed by atoms with Crippen LogP contribution in [0.2, 0.25) is 0 Å². The van der Waals surface area contributed by atoms with Crippen LogP contribution < -0.4 is 5.73 Å². The van der Waals surface area contributed by atoms with Crippen LogP contribution in [-0.4, -0.2) is 35.7 Å². The first-order chi connectivity index (χ1) is 6.93. The number of nitrogens with two attached hydrogens (primary N) is 1. The third kappa shape index (κ3) is 2.78. The minimum atomic E-state index is -0.331. The fraction of sp³-hybridized carbons (Fsp3) is 0.818. The summed E-state index contributed by atoms with van der Waals surface area (Å²) in [6.07, 6.45) is 2.14. The van der Waals surface area contributed by atoms with Crippen molar-refractivity contribution in [1.82, 2.24) is 4.90 Å². The van der Waals surface area contributed by atoms with E-state index in [1.165, 1.54) is 0 Å². The third-order valence-corrected chi connectivity index (χ3v) is 3.52. The number of primary amides is 1.